The number of carbonyl (C=O) groups is 1. The van der Waals surface area contributed by atoms with Gasteiger partial charge in [0.2, 0.25) is 5.91 Å². The summed E-state index contributed by atoms with van der Waals surface area (Å²) in [6.07, 6.45) is 0.306. The van der Waals surface area contributed by atoms with Crippen molar-refractivity contribution in [2.45, 2.75) is 6.42 Å². The van der Waals surface area contributed by atoms with Crippen LogP contribution in [0.3, 0.4) is 0 Å². The predicted octanol–water partition coefficient (Wildman–Crippen LogP) is 2.36. The predicted molar refractivity (Wildman–Crippen MR) is 76.2 cm³/mol. The molecule has 0 aliphatic rings. The van der Waals surface area contributed by atoms with Gasteiger partial charge in [0.05, 0.1) is 6.42 Å². The Morgan fingerprint density at radius 3 is 2.25 bits per heavy atom. The zero-order chi connectivity index (χ0) is 14.0. The molecular formula is C16H17NO3. The number of carbonyl (C=O) groups excluding carboxylic acids is 1. The van der Waals surface area contributed by atoms with Gasteiger partial charge in [-0.15, -0.1) is 0 Å². The molecule has 0 spiro atoms. The average molecular weight is 271 g/mol. The SMILES string of the molecule is O=C(Cc1ccccc1)NOCCOc1ccccc1. The lowest BCUT2D eigenvalue weighted by Crippen LogP contribution is -2.27. The number of hydrogen-bond donors (Lipinski definition) is 1. The maximum Gasteiger partial charge on any atom is 0.247 e. The van der Waals surface area contributed by atoms with Gasteiger partial charge in [0.1, 0.15) is 19.0 Å². The van der Waals surface area contributed by atoms with Gasteiger partial charge in [-0.3, -0.25) is 9.63 Å². The van der Waals surface area contributed by atoms with E-state index in [2.05, 4.69) is 5.48 Å². The number of hydroxylamine groups is 1. The Morgan fingerprint density at radius 2 is 1.55 bits per heavy atom. The Labute approximate surface area is 118 Å². The van der Waals surface area contributed by atoms with Gasteiger partial charge in [-0.2, -0.15) is 0 Å². The summed E-state index contributed by atoms with van der Waals surface area (Å²) in [7, 11) is 0. The van der Waals surface area contributed by atoms with Gasteiger partial charge in [0.25, 0.3) is 0 Å². The van der Waals surface area contributed by atoms with Gasteiger partial charge in [-0.25, -0.2) is 5.48 Å². The Bertz CT molecular complexity index is 514. The number of rotatable bonds is 7. The molecule has 1 N–H and O–H groups in total. The van der Waals surface area contributed by atoms with Crippen LogP contribution in [-0.4, -0.2) is 19.1 Å². The zero-order valence-electron chi connectivity index (χ0n) is 11.1. The standard InChI is InChI=1S/C16H17NO3/c18-16(13-14-7-3-1-4-8-14)17-20-12-11-19-15-9-5-2-6-10-15/h1-10H,11-13H2,(H,17,18). The highest BCUT2D eigenvalue weighted by molar-refractivity contribution is 5.77. The van der Waals surface area contributed by atoms with Gasteiger partial charge in [-0.05, 0) is 17.7 Å². The molecule has 0 radical (unpaired) electrons. The van der Waals surface area contributed by atoms with Crippen molar-refractivity contribution in [1.82, 2.24) is 5.48 Å². The monoisotopic (exact) mass is 271 g/mol. The largest absolute Gasteiger partial charge is 0.491 e. The van der Waals surface area contributed by atoms with Crippen molar-refractivity contribution in [3.8, 4) is 5.75 Å². The van der Waals surface area contributed by atoms with Crippen LogP contribution in [0.1, 0.15) is 5.56 Å². The molecule has 0 fully saturated rings. The molecule has 0 aromatic heterocycles. The summed E-state index contributed by atoms with van der Waals surface area (Å²) in [6, 6.07) is 19.0. The number of benzene rings is 2. The summed E-state index contributed by atoms with van der Waals surface area (Å²) in [6.45, 7) is 0.686. The maximum absolute atomic E-state index is 11.6. The van der Waals surface area contributed by atoms with Crippen molar-refractivity contribution in [2.75, 3.05) is 13.2 Å². The molecule has 2 aromatic rings. The van der Waals surface area contributed by atoms with Crippen molar-refractivity contribution in [3.05, 3.63) is 66.2 Å². The molecule has 2 aromatic carbocycles. The van der Waals surface area contributed by atoms with E-state index < -0.39 is 0 Å². The van der Waals surface area contributed by atoms with Crippen LogP contribution in [0, 0.1) is 0 Å². The van der Waals surface area contributed by atoms with Crippen LogP contribution in [0.4, 0.5) is 0 Å². The Balaban J connectivity index is 1.58. The molecule has 20 heavy (non-hydrogen) atoms. The Hall–Kier alpha value is -2.33. The molecule has 4 nitrogen and oxygen atoms in total. The molecule has 104 valence electrons. The van der Waals surface area contributed by atoms with Gasteiger partial charge in [0.15, 0.2) is 0 Å². The molecule has 0 saturated heterocycles. The lowest BCUT2D eigenvalue weighted by Gasteiger charge is -2.07. The summed E-state index contributed by atoms with van der Waals surface area (Å²) in [4.78, 5) is 16.6. The number of hydrogen-bond acceptors (Lipinski definition) is 3. The second-order valence-electron chi connectivity index (χ2n) is 4.20. The highest BCUT2D eigenvalue weighted by Crippen LogP contribution is 2.07. The smallest absolute Gasteiger partial charge is 0.247 e. The van der Waals surface area contributed by atoms with Crippen molar-refractivity contribution in [1.29, 1.82) is 0 Å². The molecule has 0 bridgehead atoms. The summed E-state index contributed by atoms with van der Waals surface area (Å²) in [5.74, 6) is 0.614. The minimum Gasteiger partial charge on any atom is -0.491 e. The summed E-state index contributed by atoms with van der Waals surface area (Å²) < 4.78 is 5.43. The van der Waals surface area contributed by atoms with Crippen molar-refractivity contribution < 1.29 is 14.4 Å². The fourth-order valence-electron chi connectivity index (χ4n) is 1.67. The zero-order valence-corrected chi connectivity index (χ0v) is 11.1. The van der Waals surface area contributed by atoms with Gasteiger partial charge in [-0.1, -0.05) is 48.5 Å². The van der Waals surface area contributed by atoms with E-state index in [0.717, 1.165) is 11.3 Å². The van der Waals surface area contributed by atoms with E-state index >= 15 is 0 Å². The van der Waals surface area contributed by atoms with Crippen LogP contribution in [0.5, 0.6) is 5.75 Å². The Kier molecular flexibility index (Phi) is 5.61. The van der Waals surface area contributed by atoms with E-state index in [1.807, 2.05) is 60.7 Å². The fourth-order valence-corrected chi connectivity index (χ4v) is 1.67. The third-order valence-corrected chi connectivity index (χ3v) is 2.59. The van der Waals surface area contributed by atoms with Crippen LogP contribution >= 0.6 is 0 Å². The summed E-state index contributed by atoms with van der Waals surface area (Å²) in [5, 5.41) is 0. The average Bonchev–Trinajstić information content (AvgIpc) is 2.49. The molecule has 0 aliphatic carbocycles. The molecular weight excluding hydrogens is 254 g/mol. The van der Waals surface area contributed by atoms with Crippen LogP contribution in [0.15, 0.2) is 60.7 Å². The van der Waals surface area contributed by atoms with Crippen molar-refractivity contribution >= 4 is 5.91 Å². The molecule has 1 amide bonds. The first kappa shape index (κ1) is 14.1. The van der Waals surface area contributed by atoms with E-state index in [9.17, 15) is 4.79 Å². The molecule has 0 atom stereocenters. The van der Waals surface area contributed by atoms with Crippen molar-refractivity contribution in [3.63, 3.8) is 0 Å². The molecule has 0 heterocycles. The number of ether oxygens (including phenoxy) is 1. The highest BCUT2D eigenvalue weighted by atomic mass is 16.7. The lowest BCUT2D eigenvalue weighted by molar-refractivity contribution is -0.133. The molecule has 2 rings (SSSR count). The number of para-hydroxylation sites is 1. The molecule has 0 saturated carbocycles. The second-order valence-corrected chi connectivity index (χ2v) is 4.20. The van der Waals surface area contributed by atoms with Gasteiger partial charge < -0.3 is 4.74 Å². The fraction of sp³-hybridized carbons (Fsp3) is 0.188. The van der Waals surface area contributed by atoms with E-state index in [1.54, 1.807) is 0 Å². The maximum atomic E-state index is 11.6. The number of nitrogens with one attached hydrogen (secondary N) is 1. The second kappa shape index (κ2) is 7.96. The van der Waals surface area contributed by atoms with Crippen molar-refractivity contribution in [2.24, 2.45) is 0 Å². The minimum absolute atomic E-state index is 0.170. The van der Waals surface area contributed by atoms with E-state index in [0.29, 0.717) is 19.6 Å². The van der Waals surface area contributed by atoms with E-state index in [1.165, 1.54) is 0 Å². The highest BCUT2D eigenvalue weighted by Gasteiger charge is 2.02. The van der Waals surface area contributed by atoms with Crippen LogP contribution < -0.4 is 10.2 Å². The first-order valence-corrected chi connectivity index (χ1v) is 6.47. The van der Waals surface area contributed by atoms with Crippen LogP contribution in [-0.2, 0) is 16.1 Å². The summed E-state index contributed by atoms with van der Waals surface area (Å²) in [5.41, 5.74) is 3.35. The molecule has 0 aliphatic heterocycles. The van der Waals surface area contributed by atoms with Crippen LogP contribution in [0.25, 0.3) is 0 Å². The first-order valence-electron chi connectivity index (χ1n) is 6.47. The normalized spacial score (nSPS) is 10.0. The quantitative estimate of drug-likeness (QED) is 0.621. The third kappa shape index (κ3) is 5.12. The Morgan fingerprint density at radius 1 is 0.900 bits per heavy atom. The summed E-state index contributed by atoms with van der Waals surface area (Å²) >= 11 is 0. The van der Waals surface area contributed by atoms with Crippen LogP contribution in [0.2, 0.25) is 0 Å². The number of amides is 1. The molecule has 0 unspecified atom stereocenters. The minimum atomic E-state index is -0.170. The topological polar surface area (TPSA) is 47.6 Å². The van der Waals surface area contributed by atoms with Gasteiger partial charge in [0, 0.05) is 0 Å². The van der Waals surface area contributed by atoms with Gasteiger partial charge >= 0.3 is 0 Å². The van der Waals surface area contributed by atoms with E-state index in [-0.39, 0.29) is 5.91 Å². The lowest BCUT2D eigenvalue weighted by atomic mass is 10.1. The first-order chi connectivity index (χ1) is 9.84. The van der Waals surface area contributed by atoms with E-state index in [4.69, 9.17) is 9.57 Å². The third-order valence-electron chi connectivity index (χ3n) is 2.59. The molecule has 4 heteroatoms.